The Morgan fingerprint density at radius 2 is 1.94 bits per heavy atom. The lowest BCUT2D eigenvalue weighted by Crippen LogP contribution is -2.09. The van der Waals surface area contributed by atoms with Crippen molar-refractivity contribution in [3.63, 3.8) is 0 Å². The zero-order valence-corrected chi connectivity index (χ0v) is 9.98. The van der Waals surface area contributed by atoms with Crippen molar-refractivity contribution in [1.29, 1.82) is 0 Å². The summed E-state index contributed by atoms with van der Waals surface area (Å²) >= 11 is 6.20. The first-order chi connectivity index (χ1) is 8.34. The maximum absolute atomic E-state index is 6.20. The van der Waals surface area contributed by atoms with E-state index in [9.17, 15) is 0 Å². The van der Waals surface area contributed by atoms with Crippen molar-refractivity contribution in [1.82, 2.24) is 19.9 Å². The number of hydrogen-bond acceptors (Lipinski definition) is 4. The maximum atomic E-state index is 6.20. The molecule has 0 aromatic carbocycles. The lowest BCUT2D eigenvalue weighted by atomic mass is 9.97. The first kappa shape index (κ1) is 10.6. The smallest absolute Gasteiger partial charge is 0.181 e. The van der Waals surface area contributed by atoms with E-state index in [1.807, 2.05) is 0 Å². The Balaban J connectivity index is 2.11. The normalized spacial score (nSPS) is 14.4. The summed E-state index contributed by atoms with van der Waals surface area (Å²) in [6.07, 6.45) is 9.21. The second-order valence-electron chi connectivity index (χ2n) is 4.06. The van der Waals surface area contributed by atoms with Gasteiger partial charge in [-0.15, -0.1) is 0 Å². The van der Waals surface area contributed by atoms with Gasteiger partial charge in [-0.3, -0.25) is 4.98 Å². The van der Waals surface area contributed by atoms with Crippen LogP contribution in [0.5, 0.6) is 0 Å². The van der Waals surface area contributed by atoms with Crippen LogP contribution in [0.15, 0.2) is 18.6 Å². The van der Waals surface area contributed by atoms with Crippen LogP contribution in [-0.4, -0.2) is 19.9 Å². The summed E-state index contributed by atoms with van der Waals surface area (Å²) in [5.74, 6) is 0.573. The average molecular weight is 247 g/mol. The van der Waals surface area contributed by atoms with Gasteiger partial charge in [-0.2, -0.15) is 0 Å². The third-order valence-electron chi connectivity index (χ3n) is 2.92. The number of fused-ring (bicyclic) bond motifs is 1. The van der Waals surface area contributed by atoms with Gasteiger partial charge >= 0.3 is 0 Å². The van der Waals surface area contributed by atoms with E-state index in [0.29, 0.717) is 16.7 Å². The zero-order chi connectivity index (χ0) is 11.7. The first-order valence-corrected chi connectivity index (χ1v) is 6.04. The molecule has 0 N–H and O–H groups in total. The second kappa shape index (κ2) is 4.37. The molecule has 3 rings (SSSR count). The van der Waals surface area contributed by atoms with Crippen molar-refractivity contribution in [2.24, 2.45) is 0 Å². The highest BCUT2D eigenvalue weighted by atomic mass is 35.5. The highest BCUT2D eigenvalue weighted by Crippen LogP contribution is 2.27. The lowest BCUT2D eigenvalue weighted by molar-refractivity contribution is 0.663. The van der Waals surface area contributed by atoms with Crippen LogP contribution < -0.4 is 0 Å². The van der Waals surface area contributed by atoms with Gasteiger partial charge in [0, 0.05) is 23.7 Å². The summed E-state index contributed by atoms with van der Waals surface area (Å²) in [6, 6.07) is 0. The molecular formula is C12H11ClN4. The van der Waals surface area contributed by atoms with Crippen molar-refractivity contribution in [3.8, 4) is 11.5 Å². The average Bonchev–Trinajstić information content (AvgIpc) is 2.40. The van der Waals surface area contributed by atoms with Gasteiger partial charge in [-0.05, 0) is 25.7 Å². The molecular weight excluding hydrogens is 236 g/mol. The van der Waals surface area contributed by atoms with Crippen LogP contribution in [0, 0.1) is 0 Å². The van der Waals surface area contributed by atoms with Gasteiger partial charge in [0.05, 0.1) is 6.20 Å². The van der Waals surface area contributed by atoms with E-state index in [1.54, 1.807) is 18.6 Å². The summed E-state index contributed by atoms with van der Waals surface area (Å²) in [5, 5.41) is 0.565. The number of aromatic nitrogens is 4. The van der Waals surface area contributed by atoms with Crippen LogP contribution in [0.25, 0.3) is 11.5 Å². The molecule has 1 aliphatic carbocycles. The van der Waals surface area contributed by atoms with Gasteiger partial charge in [-0.25, -0.2) is 15.0 Å². The van der Waals surface area contributed by atoms with Gasteiger partial charge in [-0.1, -0.05) is 11.6 Å². The molecule has 2 aromatic heterocycles. The number of halogens is 1. The molecule has 5 heteroatoms. The summed E-state index contributed by atoms with van der Waals surface area (Å²) in [5.41, 5.74) is 2.84. The molecule has 0 unspecified atom stereocenters. The molecule has 86 valence electrons. The maximum Gasteiger partial charge on any atom is 0.181 e. The Labute approximate surface area is 104 Å². The fourth-order valence-corrected chi connectivity index (χ4v) is 2.36. The molecule has 0 atom stereocenters. The Hall–Kier alpha value is -1.55. The molecule has 17 heavy (non-hydrogen) atoms. The molecule has 1 aliphatic rings. The Kier molecular flexibility index (Phi) is 2.73. The minimum Gasteiger partial charge on any atom is -0.261 e. The molecule has 0 amide bonds. The molecule has 0 aliphatic heterocycles. The molecule has 2 heterocycles. The minimum absolute atomic E-state index is 0.565. The predicted octanol–water partition coefficient (Wildman–Crippen LogP) is 2.47. The van der Waals surface area contributed by atoms with E-state index in [1.165, 1.54) is 12.8 Å². The standard InChI is InChI=1S/C12H11ClN4/c13-11-8-3-1-2-4-9(8)16-12(17-11)10-7-14-5-6-15-10/h5-7H,1-4H2. The third-order valence-corrected chi connectivity index (χ3v) is 3.24. The van der Waals surface area contributed by atoms with E-state index in [0.717, 1.165) is 24.1 Å². The van der Waals surface area contributed by atoms with Crippen molar-refractivity contribution in [2.45, 2.75) is 25.7 Å². The predicted molar refractivity (Wildman–Crippen MR) is 64.7 cm³/mol. The Bertz CT molecular complexity index is 542. The molecule has 0 saturated carbocycles. The van der Waals surface area contributed by atoms with Crippen LogP contribution in [0.4, 0.5) is 0 Å². The number of hydrogen-bond donors (Lipinski definition) is 0. The summed E-state index contributed by atoms with van der Waals surface area (Å²) in [6.45, 7) is 0. The molecule has 0 radical (unpaired) electrons. The fourth-order valence-electron chi connectivity index (χ4n) is 2.08. The number of nitrogens with zero attached hydrogens (tertiary/aromatic N) is 4. The largest absolute Gasteiger partial charge is 0.261 e. The quantitative estimate of drug-likeness (QED) is 0.726. The van der Waals surface area contributed by atoms with E-state index in [4.69, 9.17) is 11.6 Å². The third kappa shape index (κ3) is 2.00. The molecule has 0 spiro atoms. The van der Waals surface area contributed by atoms with Gasteiger partial charge < -0.3 is 0 Å². The highest BCUT2D eigenvalue weighted by Gasteiger charge is 2.17. The molecule has 0 fully saturated rings. The number of aryl methyl sites for hydroxylation is 1. The van der Waals surface area contributed by atoms with E-state index < -0.39 is 0 Å². The highest BCUT2D eigenvalue weighted by molar-refractivity contribution is 6.30. The molecule has 2 aromatic rings. The van der Waals surface area contributed by atoms with Crippen molar-refractivity contribution >= 4 is 11.6 Å². The van der Waals surface area contributed by atoms with Crippen LogP contribution in [0.3, 0.4) is 0 Å². The Morgan fingerprint density at radius 1 is 1.06 bits per heavy atom. The van der Waals surface area contributed by atoms with Gasteiger partial charge in [0.1, 0.15) is 10.8 Å². The number of rotatable bonds is 1. The molecule has 4 nitrogen and oxygen atoms in total. The monoisotopic (exact) mass is 246 g/mol. The van der Waals surface area contributed by atoms with Crippen molar-refractivity contribution in [3.05, 3.63) is 35.0 Å². The van der Waals surface area contributed by atoms with E-state index >= 15 is 0 Å². The first-order valence-electron chi connectivity index (χ1n) is 5.66. The van der Waals surface area contributed by atoms with Gasteiger partial charge in [0.15, 0.2) is 5.82 Å². The summed E-state index contributed by atoms with van der Waals surface area (Å²) in [7, 11) is 0. The fraction of sp³-hybridized carbons (Fsp3) is 0.333. The van der Waals surface area contributed by atoms with Gasteiger partial charge in [0.25, 0.3) is 0 Å². The van der Waals surface area contributed by atoms with Crippen LogP contribution in [-0.2, 0) is 12.8 Å². The minimum atomic E-state index is 0.565. The van der Waals surface area contributed by atoms with Gasteiger partial charge in [0.2, 0.25) is 0 Å². The zero-order valence-electron chi connectivity index (χ0n) is 9.23. The van der Waals surface area contributed by atoms with Crippen LogP contribution in [0.2, 0.25) is 5.15 Å². The SMILES string of the molecule is Clc1nc(-c2cnccn2)nc2c1CCCC2. The lowest BCUT2D eigenvalue weighted by Gasteiger charge is -2.16. The Morgan fingerprint density at radius 3 is 2.76 bits per heavy atom. The molecule has 0 saturated heterocycles. The summed E-state index contributed by atoms with van der Waals surface area (Å²) < 4.78 is 0. The van der Waals surface area contributed by atoms with Crippen molar-refractivity contribution < 1.29 is 0 Å². The van der Waals surface area contributed by atoms with Crippen LogP contribution >= 0.6 is 11.6 Å². The van der Waals surface area contributed by atoms with Crippen molar-refractivity contribution in [2.75, 3.05) is 0 Å². The molecule has 0 bridgehead atoms. The topological polar surface area (TPSA) is 51.6 Å². The summed E-state index contributed by atoms with van der Waals surface area (Å²) in [4.78, 5) is 17.1. The van der Waals surface area contributed by atoms with E-state index in [-0.39, 0.29) is 0 Å². The van der Waals surface area contributed by atoms with Crippen LogP contribution in [0.1, 0.15) is 24.1 Å². The second-order valence-corrected chi connectivity index (χ2v) is 4.42. The van der Waals surface area contributed by atoms with E-state index in [2.05, 4.69) is 19.9 Å².